The summed E-state index contributed by atoms with van der Waals surface area (Å²) in [6, 6.07) is 20.1. The van der Waals surface area contributed by atoms with E-state index in [2.05, 4.69) is 10.6 Å². The van der Waals surface area contributed by atoms with E-state index in [4.69, 9.17) is 4.74 Å². The Hall–Kier alpha value is -3.36. The van der Waals surface area contributed by atoms with Crippen LogP contribution in [0.2, 0.25) is 0 Å². The van der Waals surface area contributed by atoms with Crippen molar-refractivity contribution in [3.05, 3.63) is 77.9 Å². The van der Waals surface area contributed by atoms with E-state index in [0.717, 1.165) is 5.56 Å². The highest BCUT2D eigenvalue weighted by Gasteiger charge is 2.30. The van der Waals surface area contributed by atoms with Crippen LogP contribution in [0.1, 0.15) is 29.8 Å². The molecule has 3 aromatic carbocycles. The topological polar surface area (TPSA) is 87.7 Å². The number of rotatable bonds is 8. The average Bonchev–Trinajstić information content (AvgIpc) is 2.95. The van der Waals surface area contributed by atoms with Crippen molar-refractivity contribution in [1.82, 2.24) is 4.31 Å². The lowest BCUT2D eigenvalue weighted by Crippen LogP contribution is -2.31. The SMILES string of the molecule is CCN(CC)S(=O)(=O)c1cc2c(cc1NCCc1ccccc1)Oc1ccccc1NC2=O. The summed E-state index contributed by atoms with van der Waals surface area (Å²) in [4.78, 5) is 13.0. The first-order valence-corrected chi connectivity index (χ1v) is 12.4. The molecule has 3 aromatic rings. The Kier molecular flexibility index (Phi) is 6.67. The standard InChI is InChI=1S/C25H27N3O4S/c1-3-28(4-2)33(30,31)24-16-19-23(32-22-13-9-8-12-20(22)27-25(19)29)17-21(24)26-15-14-18-10-6-5-7-11-18/h5-13,16-17,26H,3-4,14-15H2,1-2H3,(H,27,29). The molecule has 8 heteroatoms. The van der Waals surface area contributed by atoms with Gasteiger partial charge in [-0.05, 0) is 30.2 Å². The van der Waals surface area contributed by atoms with Gasteiger partial charge in [0, 0.05) is 25.7 Å². The zero-order chi connectivity index (χ0) is 23.4. The zero-order valence-electron chi connectivity index (χ0n) is 18.7. The van der Waals surface area contributed by atoms with Crippen LogP contribution < -0.4 is 15.4 Å². The summed E-state index contributed by atoms with van der Waals surface area (Å²) in [5.74, 6) is 0.388. The highest BCUT2D eigenvalue weighted by molar-refractivity contribution is 7.89. The molecule has 33 heavy (non-hydrogen) atoms. The van der Waals surface area contributed by atoms with Crippen molar-refractivity contribution in [2.45, 2.75) is 25.2 Å². The number of ether oxygens (including phenoxy) is 1. The molecule has 0 saturated carbocycles. The number of anilines is 2. The van der Waals surface area contributed by atoms with E-state index in [0.29, 0.717) is 48.9 Å². The second-order valence-corrected chi connectivity index (χ2v) is 9.55. The predicted molar refractivity (Wildman–Crippen MR) is 130 cm³/mol. The Morgan fingerprint density at radius 2 is 1.64 bits per heavy atom. The molecule has 7 nitrogen and oxygen atoms in total. The van der Waals surface area contributed by atoms with Gasteiger partial charge in [-0.15, -0.1) is 0 Å². The fraction of sp³-hybridized carbons (Fsp3) is 0.240. The number of nitrogens with zero attached hydrogens (tertiary/aromatic N) is 1. The summed E-state index contributed by atoms with van der Waals surface area (Å²) in [5.41, 5.74) is 2.25. The molecule has 0 aliphatic carbocycles. The summed E-state index contributed by atoms with van der Waals surface area (Å²) < 4.78 is 34.3. The number of carbonyl (C=O) groups is 1. The van der Waals surface area contributed by atoms with Gasteiger partial charge in [0.2, 0.25) is 10.0 Å². The van der Waals surface area contributed by atoms with Gasteiger partial charge in [0.05, 0.1) is 16.9 Å². The first-order valence-electron chi connectivity index (χ1n) is 11.0. The minimum absolute atomic E-state index is 0.0581. The van der Waals surface area contributed by atoms with Crippen molar-refractivity contribution >= 4 is 27.3 Å². The van der Waals surface area contributed by atoms with Crippen LogP contribution in [0, 0.1) is 0 Å². The largest absolute Gasteiger partial charge is 0.454 e. The first-order chi connectivity index (χ1) is 15.9. The van der Waals surface area contributed by atoms with Gasteiger partial charge < -0.3 is 15.4 Å². The van der Waals surface area contributed by atoms with Crippen LogP contribution in [0.3, 0.4) is 0 Å². The molecule has 0 radical (unpaired) electrons. The number of hydrogen-bond donors (Lipinski definition) is 2. The Morgan fingerprint density at radius 3 is 2.36 bits per heavy atom. The zero-order valence-corrected chi connectivity index (χ0v) is 19.5. The molecule has 0 bridgehead atoms. The molecular formula is C25H27N3O4S. The quantitative estimate of drug-likeness (QED) is 0.502. The molecule has 1 aliphatic heterocycles. The number of hydrogen-bond acceptors (Lipinski definition) is 5. The van der Waals surface area contributed by atoms with Crippen molar-refractivity contribution in [3.8, 4) is 11.5 Å². The summed E-state index contributed by atoms with van der Waals surface area (Å²) in [5, 5.41) is 6.07. The van der Waals surface area contributed by atoms with E-state index >= 15 is 0 Å². The van der Waals surface area contributed by atoms with Gasteiger partial charge in [-0.3, -0.25) is 4.79 Å². The van der Waals surface area contributed by atoms with Gasteiger partial charge in [0.15, 0.2) is 5.75 Å². The Morgan fingerprint density at radius 1 is 0.939 bits per heavy atom. The van der Waals surface area contributed by atoms with E-state index in [1.165, 1.54) is 10.4 Å². The van der Waals surface area contributed by atoms with Gasteiger partial charge in [0.25, 0.3) is 5.91 Å². The molecule has 172 valence electrons. The number of amides is 1. The molecule has 1 aliphatic rings. The van der Waals surface area contributed by atoms with E-state index in [1.54, 1.807) is 38.1 Å². The fourth-order valence-corrected chi connectivity index (χ4v) is 5.46. The maximum atomic E-state index is 13.5. The van der Waals surface area contributed by atoms with Crippen molar-refractivity contribution in [2.24, 2.45) is 0 Å². The van der Waals surface area contributed by atoms with Crippen molar-refractivity contribution in [3.63, 3.8) is 0 Å². The molecule has 0 aromatic heterocycles. The molecule has 2 N–H and O–H groups in total. The monoisotopic (exact) mass is 465 g/mol. The maximum absolute atomic E-state index is 13.5. The molecular weight excluding hydrogens is 438 g/mol. The lowest BCUT2D eigenvalue weighted by molar-refractivity contribution is 0.102. The summed E-state index contributed by atoms with van der Waals surface area (Å²) in [6.07, 6.45) is 0.715. The van der Waals surface area contributed by atoms with Crippen LogP contribution in [0.5, 0.6) is 11.5 Å². The Bertz CT molecular complexity index is 1260. The second kappa shape index (κ2) is 9.64. The summed E-state index contributed by atoms with van der Waals surface area (Å²) >= 11 is 0. The molecule has 1 amide bonds. The lowest BCUT2D eigenvalue weighted by atomic mass is 10.1. The number of fused-ring (bicyclic) bond motifs is 2. The highest BCUT2D eigenvalue weighted by Crippen LogP contribution is 2.39. The summed E-state index contributed by atoms with van der Waals surface area (Å²) in [7, 11) is -3.83. The van der Waals surface area contributed by atoms with Crippen LogP contribution in [-0.4, -0.2) is 38.3 Å². The minimum atomic E-state index is -3.83. The molecule has 0 unspecified atom stereocenters. The van der Waals surface area contributed by atoms with Crippen molar-refractivity contribution in [1.29, 1.82) is 0 Å². The van der Waals surface area contributed by atoms with Gasteiger partial charge in [-0.1, -0.05) is 56.3 Å². The van der Waals surface area contributed by atoms with E-state index in [1.807, 2.05) is 36.4 Å². The van der Waals surface area contributed by atoms with Gasteiger partial charge >= 0.3 is 0 Å². The molecule has 0 atom stereocenters. The molecule has 0 saturated heterocycles. The third-order valence-corrected chi connectivity index (χ3v) is 7.67. The normalized spacial score (nSPS) is 12.9. The molecule has 0 fully saturated rings. The molecule has 4 rings (SSSR count). The van der Waals surface area contributed by atoms with Crippen molar-refractivity contribution in [2.75, 3.05) is 30.3 Å². The Labute approximate surface area is 194 Å². The number of nitrogens with one attached hydrogen (secondary N) is 2. The van der Waals surface area contributed by atoms with Gasteiger partial charge in [-0.25, -0.2) is 8.42 Å². The predicted octanol–water partition coefficient (Wildman–Crippen LogP) is 4.73. The van der Waals surface area contributed by atoms with Crippen LogP contribution >= 0.6 is 0 Å². The van der Waals surface area contributed by atoms with Crippen LogP contribution in [0.4, 0.5) is 11.4 Å². The number of para-hydroxylation sites is 2. The van der Waals surface area contributed by atoms with Crippen LogP contribution in [0.25, 0.3) is 0 Å². The van der Waals surface area contributed by atoms with E-state index < -0.39 is 15.9 Å². The maximum Gasteiger partial charge on any atom is 0.259 e. The first kappa shape index (κ1) is 22.8. The van der Waals surface area contributed by atoms with Gasteiger partial charge in [-0.2, -0.15) is 4.31 Å². The highest BCUT2D eigenvalue weighted by atomic mass is 32.2. The minimum Gasteiger partial charge on any atom is -0.454 e. The smallest absolute Gasteiger partial charge is 0.259 e. The number of carbonyl (C=O) groups excluding carboxylic acids is 1. The average molecular weight is 466 g/mol. The fourth-order valence-electron chi connectivity index (χ4n) is 3.83. The lowest BCUT2D eigenvalue weighted by Gasteiger charge is -2.22. The number of sulfonamides is 1. The van der Waals surface area contributed by atoms with Crippen molar-refractivity contribution < 1.29 is 17.9 Å². The molecule has 0 spiro atoms. The third kappa shape index (κ3) is 4.72. The third-order valence-electron chi connectivity index (χ3n) is 5.58. The number of benzene rings is 3. The van der Waals surface area contributed by atoms with E-state index in [9.17, 15) is 13.2 Å². The van der Waals surface area contributed by atoms with Crippen LogP contribution in [0.15, 0.2) is 71.6 Å². The van der Waals surface area contributed by atoms with Gasteiger partial charge in [0.1, 0.15) is 10.6 Å². The summed E-state index contributed by atoms with van der Waals surface area (Å²) in [6.45, 7) is 4.76. The van der Waals surface area contributed by atoms with Crippen LogP contribution in [-0.2, 0) is 16.4 Å². The second-order valence-electron chi connectivity index (χ2n) is 7.65. The molecule has 1 heterocycles. The Balaban J connectivity index is 1.76. The van der Waals surface area contributed by atoms with E-state index in [-0.39, 0.29) is 10.5 Å².